The molecule has 0 spiro atoms. The van der Waals surface area contributed by atoms with E-state index in [0.717, 1.165) is 24.5 Å². The van der Waals surface area contributed by atoms with Gasteiger partial charge < -0.3 is 5.32 Å². The van der Waals surface area contributed by atoms with Gasteiger partial charge in [0.2, 0.25) is 0 Å². The van der Waals surface area contributed by atoms with Gasteiger partial charge >= 0.3 is 0 Å². The zero-order valence-corrected chi connectivity index (χ0v) is 14.2. The number of carbonyl (C=O) groups is 1. The summed E-state index contributed by atoms with van der Waals surface area (Å²) in [6.07, 6.45) is 0.862. The molecule has 2 aromatic carbocycles. The van der Waals surface area contributed by atoms with Gasteiger partial charge in [0.15, 0.2) is 9.84 Å². The van der Waals surface area contributed by atoms with Gasteiger partial charge in [0, 0.05) is 42.1 Å². The van der Waals surface area contributed by atoms with Crippen LogP contribution in [0.2, 0.25) is 0 Å². The molecule has 2 aromatic rings. The van der Waals surface area contributed by atoms with Crippen LogP contribution in [0, 0.1) is 20.2 Å². The fourth-order valence-corrected chi connectivity index (χ4v) is 2.83. The first-order valence-electron chi connectivity index (χ1n) is 7.09. The van der Waals surface area contributed by atoms with Crippen LogP contribution in [0.5, 0.6) is 0 Å². The van der Waals surface area contributed by atoms with Crippen molar-refractivity contribution >= 4 is 27.1 Å². The van der Waals surface area contributed by atoms with E-state index in [9.17, 15) is 33.4 Å². The van der Waals surface area contributed by atoms with Gasteiger partial charge in [-0.2, -0.15) is 0 Å². The molecule has 0 bridgehead atoms. The van der Waals surface area contributed by atoms with Gasteiger partial charge in [-0.25, -0.2) is 8.42 Å². The molecule has 0 fully saturated rings. The third-order valence-electron chi connectivity index (χ3n) is 3.42. The van der Waals surface area contributed by atoms with Gasteiger partial charge in [0.05, 0.1) is 14.7 Å². The SMILES string of the molecule is CS(=O)(=O)c1cc(C(=O)NCc2ccccc2[N+](=O)[O-])cc([N+](=O)[O-])c1. The van der Waals surface area contributed by atoms with Crippen molar-refractivity contribution in [2.45, 2.75) is 11.4 Å². The van der Waals surface area contributed by atoms with Crippen molar-refractivity contribution in [1.29, 1.82) is 0 Å². The molecular formula is C15H13N3O7S. The third-order valence-corrected chi connectivity index (χ3v) is 4.51. The Labute approximate surface area is 147 Å². The van der Waals surface area contributed by atoms with Crippen LogP contribution in [0.4, 0.5) is 11.4 Å². The molecule has 0 atom stereocenters. The Morgan fingerprint density at radius 3 is 2.31 bits per heavy atom. The number of para-hydroxylation sites is 1. The minimum absolute atomic E-state index is 0.191. The molecule has 0 saturated carbocycles. The minimum atomic E-state index is -3.77. The molecule has 11 heteroatoms. The lowest BCUT2D eigenvalue weighted by Gasteiger charge is -2.07. The van der Waals surface area contributed by atoms with E-state index in [2.05, 4.69) is 5.32 Å². The molecule has 0 aliphatic heterocycles. The van der Waals surface area contributed by atoms with E-state index >= 15 is 0 Å². The van der Waals surface area contributed by atoms with Gasteiger partial charge in [-0.1, -0.05) is 18.2 Å². The highest BCUT2D eigenvalue weighted by Crippen LogP contribution is 2.22. The molecule has 1 N–H and O–H groups in total. The Kier molecular flexibility index (Phi) is 5.31. The molecule has 10 nitrogen and oxygen atoms in total. The van der Waals surface area contributed by atoms with E-state index in [1.807, 2.05) is 0 Å². The lowest BCUT2D eigenvalue weighted by atomic mass is 10.1. The smallest absolute Gasteiger partial charge is 0.274 e. The number of carbonyl (C=O) groups excluding carboxylic acids is 1. The molecule has 0 unspecified atom stereocenters. The quantitative estimate of drug-likeness (QED) is 0.594. The van der Waals surface area contributed by atoms with Gasteiger partial charge in [-0.15, -0.1) is 0 Å². The number of nitro benzene ring substituents is 2. The van der Waals surface area contributed by atoms with E-state index in [0.29, 0.717) is 0 Å². The van der Waals surface area contributed by atoms with E-state index in [-0.39, 0.29) is 28.3 Å². The average molecular weight is 379 g/mol. The first-order chi connectivity index (χ1) is 12.1. The van der Waals surface area contributed by atoms with Crippen LogP contribution in [-0.2, 0) is 16.4 Å². The maximum absolute atomic E-state index is 12.3. The minimum Gasteiger partial charge on any atom is -0.348 e. The van der Waals surface area contributed by atoms with Crippen LogP contribution in [0.1, 0.15) is 15.9 Å². The summed E-state index contributed by atoms with van der Waals surface area (Å²) < 4.78 is 23.3. The molecule has 0 aliphatic carbocycles. The molecular weight excluding hydrogens is 366 g/mol. The van der Waals surface area contributed by atoms with Crippen LogP contribution >= 0.6 is 0 Å². The summed E-state index contributed by atoms with van der Waals surface area (Å²) in [7, 11) is -3.77. The lowest BCUT2D eigenvalue weighted by Crippen LogP contribution is -2.23. The number of nitrogens with one attached hydrogen (secondary N) is 1. The highest BCUT2D eigenvalue weighted by atomic mass is 32.2. The Balaban J connectivity index is 2.32. The van der Waals surface area contributed by atoms with Crippen molar-refractivity contribution in [2.75, 3.05) is 6.26 Å². The highest BCUT2D eigenvalue weighted by molar-refractivity contribution is 7.90. The molecule has 136 valence electrons. The molecule has 26 heavy (non-hydrogen) atoms. The molecule has 0 saturated heterocycles. The Bertz CT molecular complexity index is 1000. The number of sulfone groups is 1. The molecule has 1 amide bonds. The molecule has 0 radical (unpaired) electrons. The van der Waals surface area contributed by atoms with Crippen molar-refractivity contribution < 1.29 is 23.1 Å². The summed E-state index contributed by atoms with van der Waals surface area (Å²) in [5, 5.41) is 24.3. The van der Waals surface area contributed by atoms with Crippen LogP contribution < -0.4 is 5.32 Å². The summed E-state index contributed by atoms with van der Waals surface area (Å²) in [5.74, 6) is -0.795. The second-order valence-corrected chi connectivity index (χ2v) is 7.33. The Morgan fingerprint density at radius 1 is 1.08 bits per heavy atom. The molecule has 0 aliphatic rings. The summed E-state index contributed by atoms with van der Waals surface area (Å²) in [6, 6.07) is 8.56. The predicted octanol–water partition coefficient (Wildman–Crippen LogP) is 1.84. The second kappa shape index (κ2) is 7.27. The predicted molar refractivity (Wildman–Crippen MR) is 90.5 cm³/mol. The summed E-state index contributed by atoms with van der Waals surface area (Å²) in [4.78, 5) is 32.4. The summed E-state index contributed by atoms with van der Waals surface area (Å²) >= 11 is 0. The lowest BCUT2D eigenvalue weighted by molar-refractivity contribution is -0.385. The normalized spacial score (nSPS) is 11.0. The zero-order valence-electron chi connectivity index (χ0n) is 13.4. The van der Waals surface area contributed by atoms with Gasteiger partial charge in [0.1, 0.15) is 0 Å². The van der Waals surface area contributed by atoms with E-state index in [1.54, 1.807) is 6.07 Å². The topological polar surface area (TPSA) is 150 Å². The largest absolute Gasteiger partial charge is 0.348 e. The van der Waals surface area contributed by atoms with E-state index < -0.39 is 31.3 Å². The fraction of sp³-hybridized carbons (Fsp3) is 0.133. The van der Waals surface area contributed by atoms with Crippen molar-refractivity contribution in [3.8, 4) is 0 Å². The number of benzene rings is 2. The number of hydrogen-bond donors (Lipinski definition) is 1. The standard InChI is InChI=1S/C15H13N3O7S/c1-26(24,25)13-7-11(6-12(8-13)17(20)21)15(19)16-9-10-4-2-3-5-14(10)18(22)23/h2-8H,9H2,1H3,(H,16,19). The van der Waals surface area contributed by atoms with Gasteiger partial charge in [0.25, 0.3) is 17.3 Å². The monoisotopic (exact) mass is 379 g/mol. The average Bonchev–Trinajstić information content (AvgIpc) is 2.58. The van der Waals surface area contributed by atoms with E-state index in [4.69, 9.17) is 0 Å². The number of rotatable bonds is 6. The van der Waals surface area contributed by atoms with E-state index in [1.165, 1.54) is 18.2 Å². The van der Waals surface area contributed by atoms with Crippen molar-refractivity contribution in [3.63, 3.8) is 0 Å². The first kappa shape index (κ1) is 19.0. The number of hydrogen-bond acceptors (Lipinski definition) is 7. The molecule has 0 aromatic heterocycles. The maximum atomic E-state index is 12.3. The number of amides is 1. The highest BCUT2D eigenvalue weighted by Gasteiger charge is 2.20. The third kappa shape index (κ3) is 4.39. The Morgan fingerprint density at radius 2 is 1.73 bits per heavy atom. The van der Waals surface area contributed by atoms with Gasteiger partial charge in [-0.3, -0.25) is 25.0 Å². The van der Waals surface area contributed by atoms with Crippen molar-refractivity contribution in [2.24, 2.45) is 0 Å². The number of nitro groups is 2. The Hall–Kier alpha value is -3.34. The second-order valence-electron chi connectivity index (χ2n) is 5.31. The maximum Gasteiger partial charge on any atom is 0.274 e. The van der Waals surface area contributed by atoms with Crippen molar-refractivity contribution in [1.82, 2.24) is 5.32 Å². The van der Waals surface area contributed by atoms with Crippen LogP contribution in [-0.4, -0.2) is 30.4 Å². The van der Waals surface area contributed by atoms with Crippen molar-refractivity contribution in [3.05, 3.63) is 73.8 Å². The molecule has 2 rings (SSSR count). The van der Waals surface area contributed by atoms with Gasteiger partial charge in [-0.05, 0) is 6.07 Å². The summed E-state index contributed by atoms with van der Waals surface area (Å²) in [5.41, 5.74) is -0.745. The number of nitrogens with zero attached hydrogens (tertiary/aromatic N) is 2. The zero-order chi connectivity index (χ0) is 19.5. The fourth-order valence-electron chi connectivity index (χ4n) is 2.15. The molecule has 0 heterocycles. The number of non-ortho nitro benzene ring substituents is 1. The first-order valence-corrected chi connectivity index (χ1v) is 8.99. The summed E-state index contributed by atoms with van der Waals surface area (Å²) in [6.45, 7) is -0.202. The van der Waals surface area contributed by atoms with Crippen LogP contribution in [0.3, 0.4) is 0 Å². The van der Waals surface area contributed by atoms with Crippen LogP contribution in [0.25, 0.3) is 0 Å². The van der Waals surface area contributed by atoms with Crippen LogP contribution in [0.15, 0.2) is 47.4 Å².